The molecule has 1 saturated heterocycles. The minimum absolute atomic E-state index is 0.372. The maximum atomic E-state index is 10.3. The molecule has 0 aromatic carbocycles. The van der Waals surface area contributed by atoms with Crippen molar-refractivity contribution in [1.82, 2.24) is 0 Å². The lowest BCUT2D eigenvalue weighted by Gasteiger charge is -2.04. The number of carboxylic acids is 1. The van der Waals surface area contributed by atoms with Crippen molar-refractivity contribution in [2.45, 2.75) is 25.7 Å². The number of thioether (sulfide) groups is 1. The zero-order valence-corrected chi connectivity index (χ0v) is 7.90. The summed E-state index contributed by atoms with van der Waals surface area (Å²) in [6.07, 6.45) is 3.92. The van der Waals surface area contributed by atoms with E-state index in [-0.39, 0.29) is 0 Å². The van der Waals surface area contributed by atoms with Gasteiger partial charge in [0, 0.05) is 6.42 Å². The fourth-order valence-electron chi connectivity index (χ4n) is 2.24. The first kappa shape index (κ1) is 8.42. The van der Waals surface area contributed by atoms with Crippen molar-refractivity contribution in [1.29, 1.82) is 0 Å². The van der Waals surface area contributed by atoms with Gasteiger partial charge in [0.05, 0.1) is 0 Å². The Bertz CT molecular complexity index is 197. The van der Waals surface area contributed by atoms with Gasteiger partial charge in [0.25, 0.3) is 0 Å². The largest absolute Gasteiger partial charge is 0.481 e. The lowest BCUT2D eigenvalue weighted by atomic mass is 10.0. The lowest BCUT2D eigenvalue weighted by molar-refractivity contribution is -0.137. The maximum Gasteiger partial charge on any atom is 0.303 e. The van der Waals surface area contributed by atoms with Gasteiger partial charge in [-0.2, -0.15) is 11.8 Å². The maximum absolute atomic E-state index is 10.3. The summed E-state index contributed by atoms with van der Waals surface area (Å²) in [5.74, 6) is 2.69. The SMILES string of the molecule is O=C(O)CCC1CC12CCSC2. The molecule has 0 radical (unpaired) electrons. The third-order valence-electron chi connectivity index (χ3n) is 3.20. The van der Waals surface area contributed by atoms with Crippen molar-refractivity contribution in [3.05, 3.63) is 0 Å². The normalized spacial score (nSPS) is 38.8. The van der Waals surface area contributed by atoms with Crippen molar-refractivity contribution in [3.63, 3.8) is 0 Å². The van der Waals surface area contributed by atoms with Crippen LogP contribution in [0.15, 0.2) is 0 Å². The van der Waals surface area contributed by atoms with E-state index >= 15 is 0 Å². The van der Waals surface area contributed by atoms with Crippen LogP contribution in [0.4, 0.5) is 0 Å². The van der Waals surface area contributed by atoms with Gasteiger partial charge in [-0.1, -0.05) is 0 Å². The van der Waals surface area contributed by atoms with Crippen LogP contribution in [0.3, 0.4) is 0 Å². The fraction of sp³-hybridized carbons (Fsp3) is 0.889. The predicted octanol–water partition coefficient (Wildman–Crippen LogP) is 1.99. The lowest BCUT2D eigenvalue weighted by Crippen LogP contribution is -2.03. The quantitative estimate of drug-likeness (QED) is 0.732. The van der Waals surface area contributed by atoms with E-state index < -0.39 is 5.97 Å². The third kappa shape index (κ3) is 1.47. The van der Waals surface area contributed by atoms with Crippen LogP contribution in [0.25, 0.3) is 0 Å². The Labute approximate surface area is 76.7 Å². The van der Waals surface area contributed by atoms with E-state index in [0.717, 1.165) is 12.3 Å². The van der Waals surface area contributed by atoms with Gasteiger partial charge in [0.15, 0.2) is 0 Å². The highest BCUT2D eigenvalue weighted by atomic mass is 32.2. The molecule has 3 heteroatoms. The summed E-state index contributed by atoms with van der Waals surface area (Å²) in [6, 6.07) is 0. The Balaban J connectivity index is 1.76. The molecule has 2 nitrogen and oxygen atoms in total. The highest BCUT2D eigenvalue weighted by Crippen LogP contribution is 2.62. The van der Waals surface area contributed by atoms with Gasteiger partial charge in [-0.25, -0.2) is 0 Å². The molecule has 68 valence electrons. The van der Waals surface area contributed by atoms with Crippen molar-refractivity contribution in [3.8, 4) is 0 Å². The monoisotopic (exact) mass is 186 g/mol. The topological polar surface area (TPSA) is 37.3 Å². The van der Waals surface area contributed by atoms with Crippen LogP contribution in [-0.4, -0.2) is 22.6 Å². The number of carboxylic acid groups (broad SMARTS) is 1. The molecule has 1 aliphatic heterocycles. The van der Waals surface area contributed by atoms with Gasteiger partial charge in [-0.3, -0.25) is 4.79 Å². The van der Waals surface area contributed by atoms with E-state index in [2.05, 4.69) is 0 Å². The van der Waals surface area contributed by atoms with Crippen molar-refractivity contribution in [2.75, 3.05) is 11.5 Å². The molecule has 2 fully saturated rings. The van der Waals surface area contributed by atoms with E-state index in [9.17, 15) is 4.79 Å². The summed E-state index contributed by atoms with van der Waals surface area (Å²) >= 11 is 2.03. The summed E-state index contributed by atoms with van der Waals surface area (Å²) in [6.45, 7) is 0. The molecule has 1 saturated carbocycles. The van der Waals surface area contributed by atoms with Gasteiger partial charge in [0.2, 0.25) is 0 Å². The molecule has 2 atom stereocenters. The van der Waals surface area contributed by atoms with E-state index in [0.29, 0.717) is 11.8 Å². The predicted molar refractivity (Wildman–Crippen MR) is 49.4 cm³/mol. The zero-order chi connectivity index (χ0) is 8.60. The summed E-state index contributed by atoms with van der Waals surface area (Å²) in [7, 11) is 0. The first-order valence-corrected chi connectivity index (χ1v) is 5.68. The number of hydrogen-bond acceptors (Lipinski definition) is 2. The summed E-state index contributed by atoms with van der Waals surface area (Å²) in [5.41, 5.74) is 0.597. The van der Waals surface area contributed by atoms with Crippen LogP contribution >= 0.6 is 11.8 Å². The number of carbonyl (C=O) groups is 1. The van der Waals surface area contributed by atoms with Crippen LogP contribution in [0.2, 0.25) is 0 Å². The van der Waals surface area contributed by atoms with Crippen LogP contribution < -0.4 is 0 Å². The first-order valence-electron chi connectivity index (χ1n) is 4.52. The Morgan fingerprint density at radius 2 is 2.50 bits per heavy atom. The van der Waals surface area contributed by atoms with E-state index in [1.807, 2.05) is 11.8 Å². The number of hydrogen-bond donors (Lipinski definition) is 1. The molecule has 1 spiro atoms. The molecule has 0 aromatic rings. The van der Waals surface area contributed by atoms with Crippen LogP contribution in [-0.2, 0) is 4.79 Å². The van der Waals surface area contributed by atoms with E-state index in [1.54, 1.807) is 0 Å². The zero-order valence-electron chi connectivity index (χ0n) is 7.08. The molecule has 12 heavy (non-hydrogen) atoms. The van der Waals surface area contributed by atoms with Gasteiger partial charge in [-0.15, -0.1) is 0 Å². The van der Waals surface area contributed by atoms with Gasteiger partial charge >= 0.3 is 5.97 Å². The molecule has 1 aliphatic carbocycles. The van der Waals surface area contributed by atoms with Crippen LogP contribution in [0.1, 0.15) is 25.7 Å². The standard InChI is InChI=1S/C9H14O2S/c10-8(11)2-1-7-5-9(7)3-4-12-6-9/h7H,1-6H2,(H,10,11). The molecule has 0 amide bonds. The Morgan fingerprint density at radius 1 is 1.67 bits per heavy atom. The van der Waals surface area contributed by atoms with E-state index in [4.69, 9.17) is 5.11 Å². The number of aliphatic carboxylic acids is 1. The molecule has 0 aromatic heterocycles. The summed E-state index contributed by atoms with van der Waals surface area (Å²) in [5, 5.41) is 8.52. The van der Waals surface area contributed by atoms with Gasteiger partial charge < -0.3 is 5.11 Å². The Morgan fingerprint density at radius 3 is 3.08 bits per heavy atom. The van der Waals surface area contributed by atoms with Crippen LogP contribution in [0.5, 0.6) is 0 Å². The molecular formula is C9H14O2S. The molecule has 0 bridgehead atoms. The minimum atomic E-state index is -0.636. The highest BCUT2D eigenvalue weighted by Gasteiger charge is 2.54. The van der Waals surface area contributed by atoms with Crippen molar-refractivity contribution >= 4 is 17.7 Å². The second-order valence-corrected chi connectivity index (χ2v) is 5.10. The third-order valence-corrected chi connectivity index (χ3v) is 4.47. The molecule has 2 unspecified atom stereocenters. The van der Waals surface area contributed by atoms with Crippen molar-refractivity contribution in [2.24, 2.45) is 11.3 Å². The fourth-order valence-corrected chi connectivity index (χ4v) is 3.84. The van der Waals surface area contributed by atoms with Crippen molar-refractivity contribution < 1.29 is 9.90 Å². The Hall–Kier alpha value is -0.180. The van der Waals surface area contributed by atoms with Crippen LogP contribution in [0, 0.1) is 11.3 Å². The highest BCUT2D eigenvalue weighted by molar-refractivity contribution is 7.99. The van der Waals surface area contributed by atoms with Gasteiger partial charge in [-0.05, 0) is 42.1 Å². The minimum Gasteiger partial charge on any atom is -0.481 e. The molecule has 2 rings (SSSR count). The van der Waals surface area contributed by atoms with E-state index in [1.165, 1.54) is 24.3 Å². The second-order valence-electron chi connectivity index (χ2n) is 4.00. The number of rotatable bonds is 3. The summed E-state index contributed by atoms with van der Waals surface area (Å²) < 4.78 is 0. The average molecular weight is 186 g/mol. The summed E-state index contributed by atoms with van der Waals surface area (Å²) in [4.78, 5) is 10.3. The first-order chi connectivity index (χ1) is 5.73. The molecule has 1 N–H and O–H groups in total. The van der Waals surface area contributed by atoms with Gasteiger partial charge in [0.1, 0.15) is 0 Å². The second kappa shape index (κ2) is 2.95. The molecule has 2 aliphatic rings. The molecular weight excluding hydrogens is 172 g/mol. The average Bonchev–Trinajstić information content (AvgIpc) is 2.42. The Kier molecular flexibility index (Phi) is 2.07. The smallest absolute Gasteiger partial charge is 0.303 e. The molecule has 1 heterocycles.